The van der Waals surface area contributed by atoms with E-state index in [0.717, 1.165) is 6.20 Å². The zero-order valence-electron chi connectivity index (χ0n) is 14.4. The third kappa shape index (κ3) is 3.75. The minimum atomic E-state index is -4.85. The number of halogens is 5. The van der Waals surface area contributed by atoms with Crippen molar-refractivity contribution in [2.75, 3.05) is 6.26 Å². The number of aryl methyl sites for hydroxylation is 1. The van der Waals surface area contributed by atoms with Crippen LogP contribution in [0.4, 0.5) is 22.0 Å². The highest BCUT2D eigenvalue weighted by molar-refractivity contribution is 7.90. The Hall–Kier alpha value is -2.82. The van der Waals surface area contributed by atoms with Crippen LogP contribution >= 0.6 is 0 Å². The van der Waals surface area contributed by atoms with E-state index in [1.165, 1.54) is 12.1 Å². The summed E-state index contributed by atoms with van der Waals surface area (Å²) in [6.07, 6.45) is -3.31. The summed E-state index contributed by atoms with van der Waals surface area (Å²) in [5.74, 6) is -2.87. The lowest BCUT2D eigenvalue weighted by atomic mass is 10.1. The van der Waals surface area contributed by atoms with Crippen molar-refractivity contribution < 1.29 is 30.4 Å². The Morgan fingerprint density at radius 1 is 1.07 bits per heavy atom. The van der Waals surface area contributed by atoms with Gasteiger partial charge in [-0.25, -0.2) is 21.9 Å². The summed E-state index contributed by atoms with van der Waals surface area (Å²) in [5.41, 5.74) is -1.64. The molecule has 0 atom stereocenters. The summed E-state index contributed by atoms with van der Waals surface area (Å²) in [6.45, 7) is 1.59. The molecular weight excluding hydrogens is 405 g/mol. The quantitative estimate of drug-likeness (QED) is 0.606. The molecule has 5 nitrogen and oxygen atoms in total. The smallest absolute Gasteiger partial charge is 0.253 e. The number of hydrogen-bond donors (Lipinski definition) is 0. The lowest BCUT2D eigenvalue weighted by Crippen LogP contribution is -2.10. The highest BCUT2D eigenvalue weighted by atomic mass is 32.2. The molecule has 3 rings (SSSR count). The van der Waals surface area contributed by atoms with Gasteiger partial charge in [-0.05, 0) is 19.1 Å². The molecule has 2 aromatic heterocycles. The number of nitrogens with zero attached hydrogens (tertiary/aromatic N) is 3. The molecule has 28 heavy (non-hydrogen) atoms. The fraction of sp³-hybridized carbons (Fsp3) is 0.176. The molecule has 0 bridgehead atoms. The first kappa shape index (κ1) is 19.9. The molecule has 0 aliphatic rings. The largest absolute Gasteiger partial charge is 0.435 e. The Balaban J connectivity index is 2.22. The predicted molar refractivity (Wildman–Crippen MR) is 89.6 cm³/mol. The zero-order chi connectivity index (χ0) is 20.9. The Kier molecular flexibility index (Phi) is 4.74. The van der Waals surface area contributed by atoms with Crippen LogP contribution in [0.15, 0.2) is 41.4 Å². The van der Waals surface area contributed by atoms with Crippen LogP contribution in [-0.2, 0) is 16.0 Å². The van der Waals surface area contributed by atoms with E-state index in [4.69, 9.17) is 0 Å². The molecule has 0 unspecified atom stereocenters. The standard InChI is InChI=1S/C17H12F5N3O2S/c1-9-4-3-5-14(23-9)11-8-25(24-16(11)17(20,21)22)10-6-12(18)15(13(19)7-10)28(2,26)27/h3-8H,1-2H3. The summed E-state index contributed by atoms with van der Waals surface area (Å²) in [6, 6.07) is 5.64. The normalized spacial score (nSPS) is 12.4. The number of benzene rings is 1. The summed E-state index contributed by atoms with van der Waals surface area (Å²) < 4.78 is 92.0. The molecule has 3 aromatic rings. The third-order valence-electron chi connectivity index (χ3n) is 3.77. The van der Waals surface area contributed by atoms with Crippen LogP contribution in [0.5, 0.6) is 0 Å². The minimum absolute atomic E-state index is 0.0210. The number of hydrogen-bond acceptors (Lipinski definition) is 4. The molecule has 11 heteroatoms. The summed E-state index contributed by atoms with van der Waals surface area (Å²) in [7, 11) is -4.21. The fourth-order valence-electron chi connectivity index (χ4n) is 2.63. The number of pyridine rings is 1. The summed E-state index contributed by atoms with van der Waals surface area (Å²) in [4.78, 5) is 2.86. The predicted octanol–water partition coefficient (Wildman–Crippen LogP) is 3.94. The van der Waals surface area contributed by atoms with Crippen molar-refractivity contribution in [3.63, 3.8) is 0 Å². The molecule has 0 aliphatic heterocycles. The van der Waals surface area contributed by atoms with Crippen molar-refractivity contribution in [2.45, 2.75) is 18.0 Å². The first-order chi connectivity index (χ1) is 12.9. The van der Waals surface area contributed by atoms with E-state index in [-0.39, 0.29) is 11.3 Å². The van der Waals surface area contributed by atoms with Gasteiger partial charge in [0.05, 0.1) is 16.9 Å². The molecule has 0 radical (unpaired) electrons. The van der Waals surface area contributed by atoms with Crippen LogP contribution in [0.25, 0.3) is 16.9 Å². The van der Waals surface area contributed by atoms with Crippen LogP contribution < -0.4 is 0 Å². The number of sulfone groups is 1. The van der Waals surface area contributed by atoms with Crippen molar-refractivity contribution >= 4 is 9.84 Å². The average Bonchev–Trinajstić information content (AvgIpc) is 2.98. The van der Waals surface area contributed by atoms with Gasteiger partial charge < -0.3 is 0 Å². The first-order valence-electron chi connectivity index (χ1n) is 7.68. The van der Waals surface area contributed by atoms with Gasteiger partial charge in [0.25, 0.3) is 0 Å². The second kappa shape index (κ2) is 6.66. The zero-order valence-corrected chi connectivity index (χ0v) is 15.2. The van der Waals surface area contributed by atoms with Gasteiger partial charge in [0.15, 0.2) is 15.5 Å². The lowest BCUT2D eigenvalue weighted by molar-refractivity contribution is -0.140. The van der Waals surface area contributed by atoms with Gasteiger partial charge in [0, 0.05) is 30.3 Å². The Morgan fingerprint density at radius 2 is 1.68 bits per heavy atom. The Bertz CT molecular complexity index is 1150. The number of alkyl halides is 3. The second-order valence-electron chi connectivity index (χ2n) is 6.01. The van der Waals surface area contributed by atoms with Crippen molar-refractivity contribution in [2.24, 2.45) is 0 Å². The second-order valence-corrected chi connectivity index (χ2v) is 7.96. The summed E-state index contributed by atoms with van der Waals surface area (Å²) >= 11 is 0. The van der Waals surface area contributed by atoms with Gasteiger partial charge in [-0.1, -0.05) is 6.07 Å². The van der Waals surface area contributed by atoms with Crippen molar-refractivity contribution in [1.82, 2.24) is 14.8 Å². The SMILES string of the molecule is Cc1cccc(-c2cn(-c3cc(F)c(S(C)(=O)=O)c(F)c3)nc2C(F)(F)F)n1. The third-order valence-corrected chi connectivity index (χ3v) is 4.90. The molecule has 0 amide bonds. The highest BCUT2D eigenvalue weighted by Gasteiger charge is 2.38. The van der Waals surface area contributed by atoms with Crippen molar-refractivity contribution in [3.05, 3.63) is 59.6 Å². The maximum absolute atomic E-state index is 14.1. The van der Waals surface area contributed by atoms with Crippen molar-refractivity contribution in [1.29, 1.82) is 0 Å². The monoisotopic (exact) mass is 417 g/mol. The topological polar surface area (TPSA) is 64.8 Å². The van der Waals surface area contributed by atoms with Gasteiger partial charge in [-0.15, -0.1) is 0 Å². The van der Waals surface area contributed by atoms with E-state index >= 15 is 0 Å². The van der Waals surface area contributed by atoms with Crippen LogP contribution in [0.1, 0.15) is 11.4 Å². The van der Waals surface area contributed by atoms with Gasteiger partial charge in [-0.2, -0.15) is 18.3 Å². The van der Waals surface area contributed by atoms with Crippen LogP contribution in [-0.4, -0.2) is 29.4 Å². The maximum atomic E-state index is 14.1. The molecular formula is C17H12F5N3O2S. The molecule has 148 valence electrons. The van der Waals surface area contributed by atoms with E-state index in [2.05, 4.69) is 10.1 Å². The molecule has 0 aliphatic carbocycles. The molecule has 2 heterocycles. The van der Waals surface area contributed by atoms with E-state index in [9.17, 15) is 30.4 Å². The Morgan fingerprint density at radius 3 is 2.18 bits per heavy atom. The highest BCUT2D eigenvalue weighted by Crippen LogP contribution is 2.36. The van der Waals surface area contributed by atoms with Gasteiger partial charge in [0.2, 0.25) is 0 Å². The maximum Gasteiger partial charge on any atom is 0.435 e. The molecule has 0 saturated carbocycles. The fourth-order valence-corrected chi connectivity index (χ4v) is 3.46. The lowest BCUT2D eigenvalue weighted by Gasteiger charge is -2.07. The van der Waals surface area contributed by atoms with Crippen molar-refractivity contribution in [3.8, 4) is 16.9 Å². The molecule has 0 N–H and O–H groups in total. The molecule has 1 aromatic carbocycles. The van der Waals surface area contributed by atoms with Gasteiger partial charge in [0.1, 0.15) is 16.5 Å². The summed E-state index contributed by atoms with van der Waals surface area (Å²) in [5, 5.41) is 3.40. The van der Waals surface area contributed by atoms with Gasteiger partial charge in [-0.3, -0.25) is 4.98 Å². The van der Waals surface area contributed by atoms with Gasteiger partial charge >= 0.3 is 6.18 Å². The Labute approximate surface area is 156 Å². The average molecular weight is 417 g/mol. The van der Waals surface area contributed by atoms with Crippen LogP contribution in [0.3, 0.4) is 0 Å². The minimum Gasteiger partial charge on any atom is -0.253 e. The molecule has 0 saturated heterocycles. The van der Waals surface area contributed by atoms with E-state index in [1.807, 2.05) is 0 Å². The molecule has 0 spiro atoms. The first-order valence-corrected chi connectivity index (χ1v) is 9.57. The number of rotatable bonds is 3. The van der Waals surface area contributed by atoms with E-state index in [0.29, 0.717) is 28.8 Å². The number of aromatic nitrogens is 3. The van der Waals surface area contributed by atoms with E-state index in [1.54, 1.807) is 13.0 Å². The molecule has 0 fully saturated rings. The van der Waals surface area contributed by atoms with Crippen LogP contribution in [0.2, 0.25) is 0 Å². The van der Waals surface area contributed by atoms with E-state index < -0.39 is 43.9 Å². The van der Waals surface area contributed by atoms with Crippen LogP contribution in [0, 0.1) is 18.6 Å².